The van der Waals surface area contributed by atoms with Crippen molar-refractivity contribution in [2.75, 3.05) is 5.43 Å². The lowest BCUT2D eigenvalue weighted by Gasteiger charge is -1.98. The van der Waals surface area contributed by atoms with Crippen molar-refractivity contribution in [1.29, 1.82) is 0 Å². The molecular weight excluding hydrogens is 155 g/mol. The molecule has 0 bridgehead atoms. The van der Waals surface area contributed by atoms with Gasteiger partial charge in [0.15, 0.2) is 0 Å². The van der Waals surface area contributed by atoms with Crippen LogP contribution in [-0.4, -0.2) is 0 Å². The van der Waals surface area contributed by atoms with Gasteiger partial charge in [0.25, 0.3) is 0 Å². The molecule has 3 N–H and O–H groups in total. The van der Waals surface area contributed by atoms with Crippen molar-refractivity contribution in [3.63, 3.8) is 0 Å². The molecule has 0 atom stereocenters. The summed E-state index contributed by atoms with van der Waals surface area (Å²) in [7, 11) is 0. The van der Waals surface area contributed by atoms with E-state index in [0.717, 1.165) is 0 Å². The van der Waals surface area contributed by atoms with Gasteiger partial charge in [-0.1, -0.05) is 11.6 Å². The van der Waals surface area contributed by atoms with Crippen LogP contribution in [0.5, 0.6) is 0 Å². The fourth-order valence-electron chi connectivity index (χ4n) is 0.637. The van der Waals surface area contributed by atoms with E-state index >= 15 is 0 Å². The van der Waals surface area contributed by atoms with E-state index < -0.39 is 5.82 Å². The number of benzene rings is 1. The van der Waals surface area contributed by atoms with Gasteiger partial charge in [0.2, 0.25) is 0 Å². The van der Waals surface area contributed by atoms with Crippen molar-refractivity contribution < 1.29 is 4.39 Å². The number of rotatable bonds is 1. The largest absolute Gasteiger partial charge is 0.324 e. The van der Waals surface area contributed by atoms with Crippen LogP contribution in [-0.2, 0) is 0 Å². The summed E-state index contributed by atoms with van der Waals surface area (Å²) in [5.74, 6) is 4.61. The monoisotopic (exact) mass is 160 g/mol. The number of hydrogen-bond donors (Lipinski definition) is 2. The molecule has 0 amide bonds. The molecule has 0 heterocycles. The quantitative estimate of drug-likeness (QED) is 0.485. The lowest BCUT2D eigenvalue weighted by atomic mass is 10.3. The third kappa shape index (κ3) is 1.59. The summed E-state index contributed by atoms with van der Waals surface area (Å²) in [6, 6.07) is 4.00. The molecule has 0 aromatic heterocycles. The minimum absolute atomic E-state index is 0.327. The van der Waals surface area contributed by atoms with Crippen LogP contribution < -0.4 is 11.3 Å². The Hall–Kier alpha value is -0.800. The summed E-state index contributed by atoms with van der Waals surface area (Å²) >= 11 is 5.49. The van der Waals surface area contributed by atoms with Crippen LogP contribution in [0.25, 0.3) is 0 Å². The molecule has 0 aliphatic rings. The van der Waals surface area contributed by atoms with E-state index in [-0.39, 0.29) is 0 Å². The Kier molecular flexibility index (Phi) is 2.09. The maximum atomic E-state index is 12.4. The highest BCUT2D eigenvalue weighted by molar-refractivity contribution is 6.30. The van der Waals surface area contributed by atoms with Crippen molar-refractivity contribution in [2.45, 2.75) is 0 Å². The van der Waals surface area contributed by atoms with Crippen molar-refractivity contribution in [3.8, 4) is 0 Å². The molecule has 0 radical (unpaired) electrons. The summed E-state index contributed by atoms with van der Waals surface area (Å²) in [4.78, 5) is 0. The zero-order valence-electron chi connectivity index (χ0n) is 5.07. The van der Waals surface area contributed by atoms with E-state index in [4.69, 9.17) is 17.4 Å². The van der Waals surface area contributed by atoms with E-state index in [9.17, 15) is 4.39 Å². The van der Waals surface area contributed by atoms with Gasteiger partial charge < -0.3 is 5.43 Å². The van der Waals surface area contributed by atoms with Crippen molar-refractivity contribution >= 4 is 17.3 Å². The molecule has 0 aliphatic heterocycles. The topological polar surface area (TPSA) is 38.0 Å². The lowest BCUT2D eigenvalue weighted by molar-refractivity contribution is 0.628. The highest BCUT2D eigenvalue weighted by Gasteiger charge is 1.95. The molecule has 1 aromatic carbocycles. The summed E-state index contributed by atoms with van der Waals surface area (Å²) in [6.45, 7) is 0. The molecule has 1 rings (SSSR count). The van der Waals surface area contributed by atoms with E-state index in [1.165, 1.54) is 18.2 Å². The van der Waals surface area contributed by atoms with Gasteiger partial charge in [-0.25, -0.2) is 4.39 Å². The molecule has 1 aromatic rings. The van der Waals surface area contributed by atoms with Crippen molar-refractivity contribution in [3.05, 3.63) is 29.0 Å². The van der Waals surface area contributed by atoms with Gasteiger partial charge >= 0.3 is 0 Å². The number of nitrogens with one attached hydrogen (secondary N) is 1. The second-order valence-electron chi connectivity index (χ2n) is 1.80. The number of nitrogen functional groups attached to an aromatic ring is 1. The predicted octanol–water partition coefficient (Wildman–Crippen LogP) is 1.76. The smallest absolute Gasteiger partial charge is 0.126 e. The maximum Gasteiger partial charge on any atom is 0.126 e. The van der Waals surface area contributed by atoms with Crippen LogP contribution in [0.1, 0.15) is 0 Å². The van der Waals surface area contributed by atoms with Gasteiger partial charge in [-0.15, -0.1) is 0 Å². The van der Waals surface area contributed by atoms with E-state index in [0.29, 0.717) is 10.7 Å². The average molecular weight is 161 g/mol. The van der Waals surface area contributed by atoms with E-state index in [2.05, 4.69) is 5.43 Å². The Bertz CT molecular complexity index is 219. The van der Waals surface area contributed by atoms with E-state index in [1.807, 2.05) is 0 Å². The van der Waals surface area contributed by atoms with Gasteiger partial charge in [-0.05, 0) is 18.2 Å². The zero-order chi connectivity index (χ0) is 7.56. The zero-order valence-corrected chi connectivity index (χ0v) is 5.82. The molecule has 2 nitrogen and oxygen atoms in total. The highest BCUT2D eigenvalue weighted by atomic mass is 35.5. The number of hydrazine groups is 1. The normalized spacial score (nSPS) is 9.50. The Morgan fingerprint density at radius 1 is 1.40 bits per heavy atom. The first-order valence-corrected chi connectivity index (χ1v) is 3.03. The third-order valence-corrected chi connectivity index (χ3v) is 1.25. The minimum atomic E-state index is -0.402. The van der Waals surface area contributed by atoms with E-state index in [1.54, 1.807) is 0 Å². The molecule has 4 heteroatoms. The molecule has 0 saturated carbocycles. The first-order chi connectivity index (χ1) is 4.72. The molecular formula is C6H6ClFN2. The van der Waals surface area contributed by atoms with Crippen LogP contribution in [0.2, 0.25) is 5.02 Å². The minimum Gasteiger partial charge on any atom is -0.324 e. The average Bonchev–Trinajstić information content (AvgIpc) is 1.85. The highest BCUT2D eigenvalue weighted by Crippen LogP contribution is 2.16. The fraction of sp³-hybridized carbons (Fsp3) is 0. The summed E-state index contributed by atoms with van der Waals surface area (Å²) < 4.78 is 12.4. The molecule has 10 heavy (non-hydrogen) atoms. The Morgan fingerprint density at radius 3 is 2.60 bits per heavy atom. The van der Waals surface area contributed by atoms with Crippen molar-refractivity contribution in [2.24, 2.45) is 5.84 Å². The summed E-state index contributed by atoms with van der Waals surface area (Å²) in [5.41, 5.74) is 2.75. The van der Waals surface area contributed by atoms with Crippen molar-refractivity contribution in [1.82, 2.24) is 0 Å². The molecule has 0 fully saturated rings. The van der Waals surface area contributed by atoms with Crippen LogP contribution in [0.15, 0.2) is 18.2 Å². The van der Waals surface area contributed by atoms with Gasteiger partial charge in [-0.2, -0.15) is 0 Å². The van der Waals surface area contributed by atoms with Gasteiger partial charge in [0.05, 0.1) is 5.69 Å². The molecule has 0 unspecified atom stereocenters. The van der Waals surface area contributed by atoms with Gasteiger partial charge in [0.1, 0.15) is 5.82 Å². The van der Waals surface area contributed by atoms with Crippen LogP contribution in [0, 0.1) is 5.82 Å². The number of nitrogens with two attached hydrogens (primary N) is 1. The third-order valence-electron chi connectivity index (χ3n) is 1.03. The van der Waals surface area contributed by atoms with Gasteiger partial charge in [-0.3, -0.25) is 5.84 Å². The SMILES string of the molecule is NNc1cc(F)cc(Cl)c1. The van der Waals surface area contributed by atoms with Crippen LogP contribution in [0.3, 0.4) is 0 Å². The molecule has 0 aliphatic carbocycles. The fourth-order valence-corrected chi connectivity index (χ4v) is 0.859. The standard InChI is InChI=1S/C6H6ClFN2/c7-4-1-5(8)3-6(2-4)10-9/h1-3,10H,9H2. The first kappa shape index (κ1) is 7.31. The summed E-state index contributed by atoms with van der Waals surface area (Å²) in [5, 5.41) is 0.327. The second kappa shape index (κ2) is 2.86. The first-order valence-electron chi connectivity index (χ1n) is 2.65. The Balaban J connectivity index is 3.06. The number of halogens is 2. The predicted molar refractivity (Wildman–Crippen MR) is 39.2 cm³/mol. The lowest BCUT2D eigenvalue weighted by Crippen LogP contribution is -2.06. The summed E-state index contributed by atoms with van der Waals surface area (Å²) in [6.07, 6.45) is 0. The number of anilines is 1. The second-order valence-corrected chi connectivity index (χ2v) is 2.24. The Morgan fingerprint density at radius 2 is 2.10 bits per heavy atom. The number of hydrogen-bond acceptors (Lipinski definition) is 2. The maximum absolute atomic E-state index is 12.4. The van der Waals surface area contributed by atoms with Gasteiger partial charge in [0, 0.05) is 5.02 Å². The Labute approximate surface area is 62.8 Å². The van der Waals surface area contributed by atoms with Crippen LogP contribution in [0.4, 0.5) is 10.1 Å². The van der Waals surface area contributed by atoms with Crippen LogP contribution >= 0.6 is 11.6 Å². The molecule has 54 valence electrons. The molecule has 0 saturated heterocycles. The molecule has 0 spiro atoms.